The third-order valence-electron chi connectivity index (χ3n) is 3.03. The van der Waals surface area contributed by atoms with Gasteiger partial charge in [-0.15, -0.1) is 0 Å². The molecule has 0 aliphatic heterocycles. The van der Waals surface area contributed by atoms with Crippen LogP contribution in [0.15, 0.2) is 24.3 Å². The second-order valence-electron chi connectivity index (χ2n) is 5.54. The van der Waals surface area contributed by atoms with Crippen LogP contribution in [0, 0.1) is 11.2 Å². The first-order valence-corrected chi connectivity index (χ1v) is 7.62. The van der Waals surface area contributed by atoms with Gasteiger partial charge in [0.25, 0.3) is 0 Å². The maximum atomic E-state index is 12.7. The van der Waals surface area contributed by atoms with Gasteiger partial charge < -0.3 is 5.32 Å². The Labute approximate surface area is 122 Å². The lowest BCUT2D eigenvalue weighted by Gasteiger charge is -2.24. The number of carbonyl (C=O) groups excluding carboxylic acids is 1. The highest BCUT2D eigenvalue weighted by molar-refractivity contribution is 9.09. The van der Waals surface area contributed by atoms with E-state index in [1.54, 1.807) is 12.1 Å². The summed E-state index contributed by atoms with van der Waals surface area (Å²) in [6.07, 6.45) is 2.46. The van der Waals surface area contributed by atoms with Gasteiger partial charge in [-0.1, -0.05) is 41.9 Å². The van der Waals surface area contributed by atoms with Gasteiger partial charge in [0.1, 0.15) is 5.82 Å². The van der Waals surface area contributed by atoms with E-state index in [4.69, 9.17) is 0 Å². The summed E-state index contributed by atoms with van der Waals surface area (Å²) in [7, 11) is 0. The van der Waals surface area contributed by atoms with Crippen LogP contribution >= 0.6 is 15.9 Å². The maximum Gasteiger partial charge on any atom is 0.224 e. The van der Waals surface area contributed by atoms with Crippen molar-refractivity contribution in [1.82, 2.24) is 5.32 Å². The van der Waals surface area contributed by atoms with Crippen molar-refractivity contribution < 1.29 is 9.18 Å². The Morgan fingerprint density at radius 1 is 1.32 bits per heavy atom. The van der Waals surface area contributed by atoms with Crippen molar-refractivity contribution in [3.05, 3.63) is 35.6 Å². The molecular weight excluding hydrogens is 309 g/mol. The third kappa shape index (κ3) is 6.71. The van der Waals surface area contributed by atoms with Crippen LogP contribution < -0.4 is 5.32 Å². The number of hydrogen-bond donors (Lipinski definition) is 1. The molecule has 0 spiro atoms. The molecule has 1 aromatic carbocycles. The Bertz CT molecular complexity index is 403. The van der Waals surface area contributed by atoms with E-state index < -0.39 is 0 Å². The Morgan fingerprint density at radius 3 is 2.53 bits per heavy atom. The molecule has 106 valence electrons. The van der Waals surface area contributed by atoms with Crippen LogP contribution in [-0.4, -0.2) is 17.8 Å². The van der Waals surface area contributed by atoms with Gasteiger partial charge in [0.05, 0.1) is 6.42 Å². The van der Waals surface area contributed by atoms with Crippen LogP contribution in [0.5, 0.6) is 0 Å². The van der Waals surface area contributed by atoms with Crippen molar-refractivity contribution in [2.75, 3.05) is 11.9 Å². The predicted octanol–water partition coefficient (Wildman–Crippen LogP) is 3.69. The molecule has 0 radical (unpaired) electrons. The zero-order valence-corrected chi connectivity index (χ0v) is 13.1. The molecule has 0 unspecified atom stereocenters. The standard InChI is InChI=1S/C15H21BrFNO/c1-15(2,8-3-9-16)11-18-14(19)10-12-4-6-13(17)7-5-12/h4-7H,3,8-11H2,1-2H3,(H,18,19). The quantitative estimate of drug-likeness (QED) is 0.759. The smallest absolute Gasteiger partial charge is 0.224 e. The summed E-state index contributed by atoms with van der Waals surface area (Å²) in [5.74, 6) is -0.293. The number of carbonyl (C=O) groups is 1. The van der Waals surface area contributed by atoms with Gasteiger partial charge in [-0.2, -0.15) is 0 Å². The lowest BCUT2D eigenvalue weighted by Crippen LogP contribution is -2.34. The Balaban J connectivity index is 2.37. The molecular formula is C15H21BrFNO. The molecule has 1 N–H and O–H groups in total. The van der Waals surface area contributed by atoms with Gasteiger partial charge in [-0.05, 0) is 36.0 Å². The normalized spacial score (nSPS) is 11.4. The van der Waals surface area contributed by atoms with Crippen LogP contribution in [0.4, 0.5) is 4.39 Å². The Morgan fingerprint density at radius 2 is 1.95 bits per heavy atom. The van der Waals surface area contributed by atoms with E-state index in [9.17, 15) is 9.18 Å². The molecule has 2 nitrogen and oxygen atoms in total. The van der Waals surface area contributed by atoms with Crippen LogP contribution in [-0.2, 0) is 11.2 Å². The second-order valence-corrected chi connectivity index (χ2v) is 6.33. The molecule has 0 saturated carbocycles. The predicted molar refractivity (Wildman–Crippen MR) is 79.9 cm³/mol. The first kappa shape index (κ1) is 16.2. The average Bonchev–Trinajstić information content (AvgIpc) is 2.37. The molecule has 0 saturated heterocycles. The maximum absolute atomic E-state index is 12.7. The van der Waals surface area contributed by atoms with Crippen molar-refractivity contribution in [2.45, 2.75) is 33.1 Å². The second kappa shape index (κ2) is 7.63. The molecule has 0 bridgehead atoms. The summed E-state index contributed by atoms with van der Waals surface area (Å²) < 4.78 is 12.7. The summed E-state index contributed by atoms with van der Waals surface area (Å²) in [6.45, 7) is 4.96. The van der Waals surface area contributed by atoms with Gasteiger partial charge in [-0.3, -0.25) is 4.79 Å². The van der Waals surface area contributed by atoms with Gasteiger partial charge in [0, 0.05) is 11.9 Å². The summed E-state index contributed by atoms with van der Waals surface area (Å²) >= 11 is 3.41. The van der Waals surface area contributed by atoms with Crippen molar-refractivity contribution in [1.29, 1.82) is 0 Å². The first-order valence-electron chi connectivity index (χ1n) is 6.50. The van der Waals surface area contributed by atoms with E-state index in [-0.39, 0.29) is 17.1 Å². The molecule has 19 heavy (non-hydrogen) atoms. The summed E-state index contributed by atoms with van der Waals surface area (Å²) in [6, 6.07) is 6.04. The lowest BCUT2D eigenvalue weighted by molar-refractivity contribution is -0.120. The van der Waals surface area contributed by atoms with Gasteiger partial charge >= 0.3 is 0 Å². The van der Waals surface area contributed by atoms with E-state index in [2.05, 4.69) is 35.1 Å². The van der Waals surface area contributed by atoms with E-state index in [1.165, 1.54) is 12.1 Å². The number of alkyl halides is 1. The highest BCUT2D eigenvalue weighted by Crippen LogP contribution is 2.21. The number of rotatable bonds is 7. The van der Waals surface area contributed by atoms with Crippen molar-refractivity contribution >= 4 is 21.8 Å². The minimum Gasteiger partial charge on any atom is -0.355 e. The molecule has 1 rings (SSSR count). The van der Waals surface area contributed by atoms with E-state index in [1.807, 2.05) is 0 Å². The molecule has 0 heterocycles. The lowest BCUT2D eigenvalue weighted by atomic mass is 9.88. The molecule has 0 aliphatic carbocycles. The third-order valence-corrected chi connectivity index (χ3v) is 3.59. The Kier molecular flexibility index (Phi) is 6.49. The fourth-order valence-corrected chi connectivity index (χ4v) is 2.10. The molecule has 0 aliphatic rings. The molecule has 4 heteroatoms. The average molecular weight is 330 g/mol. The fraction of sp³-hybridized carbons (Fsp3) is 0.533. The summed E-state index contributed by atoms with van der Waals surface area (Å²) in [5.41, 5.74) is 0.934. The van der Waals surface area contributed by atoms with Crippen molar-refractivity contribution in [2.24, 2.45) is 5.41 Å². The zero-order chi connectivity index (χ0) is 14.3. The number of hydrogen-bond acceptors (Lipinski definition) is 1. The van der Waals surface area contributed by atoms with Crippen molar-refractivity contribution in [3.8, 4) is 0 Å². The molecule has 0 fully saturated rings. The number of amides is 1. The molecule has 0 aromatic heterocycles. The zero-order valence-electron chi connectivity index (χ0n) is 11.5. The minimum absolute atomic E-state index is 0.0153. The van der Waals surface area contributed by atoms with Crippen LogP contribution in [0.1, 0.15) is 32.3 Å². The van der Waals surface area contributed by atoms with Gasteiger partial charge in [-0.25, -0.2) is 4.39 Å². The monoisotopic (exact) mass is 329 g/mol. The van der Waals surface area contributed by atoms with Gasteiger partial charge in [0.15, 0.2) is 0 Å². The summed E-state index contributed by atoms with van der Waals surface area (Å²) in [4.78, 5) is 11.8. The number of benzene rings is 1. The molecule has 0 atom stereocenters. The van der Waals surface area contributed by atoms with Gasteiger partial charge in [0.2, 0.25) is 5.91 Å². The van der Waals surface area contributed by atoms with E-state index in [0.717, 1.165) is 23.7 Å². The number of halogens is 2. The largest absolute Gasteiger partial charge is 0.355 e. The van der Waals surface area contributed by atoms with Crippen LogP contribution in [0.2, 0.25) is 0 Å². The molecule has 1 aromatic rings. The SMILES string of the molecule is CC(C)(CCCBr)CNC(=O)Cc1ccc(F)cc1. The summed E-state index contributed by atoms with van der Waals surface area (Å²) in [5, 5.41) is 3.93. The highest BCUT2D eigenvalue weighted by atomic mass is 79.9. The Hall–Kier alpha value is -0.900. The number of nitrogens with one attached hydrogen (secondary N) is 1. The van der Waals surface area contributed by atoms with E-state index >= 15 is 0 Å². The molecule has 1 amide bonds. The fourth-order valence-electron chi connectivity index (χ4n) is 1.82. The minimum atomic E-state index is -0.278. The van der Waals surface area contributed by atoms with E-state index in [0.29, 0.717) is 13.0 Å². The first-order chi connectivity index (χ1) is 8.93. The highest BCUT2D eigenvalue weighted by Gasteiger charge is 2.18. The van der Waals surface area contributed by atoms with Crippen LogP contribution in [0.25, 0.3) is 0 Å². The van der Waals surface area contributed by atoms with Crippen LogP contribution in [0.3, 0.4) is 0 Å². The van der Waals surface area contributed by atoms with Crippen molar-refractivity contribution in [3.63, 3.8) is 0 Å². The topological polar surface area (TPSA) is 29.1 Å².